The van der Waals surface area contributed by atoms with Gasteiger partial charge in [-0.25, -0.2) is 9.97 Å². The van der Waals surface area contributed by atoms with Gasteiger partial charge in [0, 0.05) is 33.9 Å². The van der Waals surface area contributed by atoms with E-state index in [-0.39, 0.29) is 6.10 Å². The summed E-state index contributed by atoms with van der Waals surface area (Å²) in [5.41, 5.74) is 4.18. The third kappa shape index (κ3) is 4.76. The molecule has 2 aromatic heterocycles. The van der Waals surface area contributed by atoms with E-state index in [1.165, 1.54) is 11.8 Å². The molecule has 0 aliphatic carbocycles. The van der Waals surface area contributed by atoms with Crippen molar-refractivity contribution in [2.75, 3.05) is 6.61 Å². The number of hydrogen-bond donors (Lipinski definition) is 0. The molecule has 0 saturated carbocycles. The molecule has 31 heavy (non-hydrogen) atoms. The number of aromatic nitrogens is 2. The van der Waals surface area contributed by atoms with Crippen molar-refractivity contribution in [3.8, 4) is 22.7 Å². The van der Waals surface area contributed by atoms with Gasteiger partial charge < -0.3 is 4.74 Å². The van der Waals surface area contributed by atoms with E-state index in [4.69, 9.17) is 21.3 Å². The lowest BCUT2D eigenvalue weighted by molar-refractivity contribution is 0.0144. The maximum Gasteiger partial charge on any atom is 0.123 e. The van der Waals surface area contributed by atoms with E-state index in [2.05, 4.69) is 17.1 Å². The molecule has 0 bridgehead atoms. The third-order valence-corrected chi connectivity index (χ3v) is 7.31. The van der Waals surface area contributed by atoms with Gasteiger partial charge in [0.2, 0.25) is 0 Å². The molecule has 0 N–H and O–H groups in total. The number of thiazole rings is 1. The van der Waals surface area contributed by atoms with Gasteiger partial charge in [0.05, 0.1) is 28.6 Å². The standard InChI is InChI=1S/C23H19ClN4OS2/c1-14-18(10-25)21(20-4-2-3-9-29-20)19(11-26)23(27-14)31-13-17-12-30-22(28-17)15-5-7-16(24)8-6-15/h5-8,12,20H,2-4,9,13H2,1H3. The minimum absolute atomic E-state index is 0.227. The van der Waals surface area contributed by atoms with Gasteiger partial charge in [0.1, 0.15) is 22.2 Å². The Hall–Kier alpha value is -2.42. The van der Waals surface area contributed by atoms with Crippen molar-refractivity contribution in [2.45, 2.75) is 43.1 Å². The van der Waals surface area contributed by atoms with Gasteiger partial charge >= 0.3 is 0 Å². The molecular formula is C23H19ClN4OS2. The average Bonchev–Trinajstić information content (AvgIpc) is 3.27. The highest BCUT2D eigenvalue weighted by molar-refractivity contribution is 7.98. The Morgan fingerprint density at radius 3 is 2.61 bits per heavy atom. The van der Waals surface area contributed by atoms with Crippen LogP contribution in [0.3, 0.4) is 0 Å². The predicted octanol–water partition coefficient (Wildman–Crippen LogP) is 6.44. The lowest BCUT2D eigenvalue weighted by Gasteiger charge is -2.25. The highest BCUT2D eigenvalue weighted by Crippen LogP contribution is 2.38. The number of halogens is 1. The molecule has 3 heterocycles. The summed E-state index contributed by atoms with van der Waals surface area (Å²) in [6, 6.07) is 12.1. The van der Waals surface area contributed by atoms with Crippen LogP contribution in [-0.2, 0) is 10.5 Å². The maximum absolute atomic E-state index is 9.92. The van der Waals surface area contributed by atoms with Crippen LogP contribution in [0.1, 0.15) is 53.4 Å². The number of rotatable bonds is 5. The number of hydrogen-bond acceptors (Lipinski definition) is 7. The third-order valence-electron chi connectivity index (χ3n) is 5.11. The van der Waals surface area contributed by atoms with Crippen LogP contribution in [-0.4, -0.2) is 16.6 Å². The zero-order chi connectivity index (χ0) is 21.8. The van der Waals surface area contributed by atoms with E-state index in [0.717, 1.165) is 35.5 Å². The molecule has 1 saturated heterocycles. The molecule has 1 aromatic carbocycles. The fraction of sp³-hybridized carbons (Fsp3) is 0.304. The summed E-state index contributed by atoms with van der Waals surface area (Å²) in [5, 5.41) is 23.9. The Morgan fingerprint density at radius 1 is 1.16 bits per heavy atom. The average molecular weight is 467 g/mol. The second-order valence-corrected chi connectivity index (χ2v) is 9.44. The number of nitriles is 2. The highest BCUT2D eigenvalue weighted by atomic mass is 35.5. The molecule has 1 unspecified atom stereocenters. The van der Waals surface area contributed by atoms with Gasteiger partial charge in [-0.3, -0.25) is 0 Å². The van der Waals surface area contributed by atoms with Crippen LogP contribution in [0.4, 0.5) is 0 Å². The lowest BCUT2D eigenvalue weighted by Crippen LogP contribution is -2.16. The first kappa shape index (κ1) is 21.8. The molecule has 1 atom stereocenters. The van der Waals surface area contributed by atoms with E-state index in [1.807, 2.05) is 36.6 Å². The van der Waals surface area contributed by atoms with Gasteiger partial charge in [0.15, 0.2) is 0 Å². The van der Waals surface area contributed by atoms with E-state index < -0.39 is 0 Å². The Bertz CT molecular complexity index is 1170. The molecular weight excluding hydrogens is 448 g/mol. The number of pyridine rings is 1. The molecule has 0 radical (unpaired) electrons. The number of aryl methyl sites for hydroxylation is 1. The van der Waals surface area contributed by atoms with Gasteiger partial charge in [-0.2, -0.15) is 10.5 Å². The SMILES string of the molecule is Cc1nc(SCc2csc(-c3ccc(Cl)cc3)n2)c(C#N)c(C2CCCCO2)c1C#N. The normalized spacial score (nSPS) is 15.9. The summed E-state index contributed by atoms with van der Waals surface area (Å²) in [5.74, 6) is 0.585. The molecule has 5 nitrogen and oxygen atoms in total. The largest absolute Gasteiger partial charge is 0.373 e. The fourth-order valence-corrected chi connectivity index (χ4v) is 5.58. The zero-order valence-electron chi connectivity index (χ0n) is 16.9. The second kappa shape index (κ2) is 9.80. The number of benzene rings is 1. The van der Waals surface area contributed by atoms with Crippen LogP contribution in [0.15, 0.2) is 34.7 Å². The van der Waals surface area contributed by atoms with E-state index in [1.54, 1.807) is 11.3 Å². The van der Waals surface area contributed by atoms with Crippen molar-refractivity contribution in [3.05, 3.63) is 62.7 Å². The fourth-order valence-electron chi connectivity index (χ4n) is 3.58. The van der Waals surface area contributed by atoms with E-state index in [0.29, 0.717) is 44.8 Å². The molecule has 0 spiro atoms. The maximum atomic E-state index is 9.92. The molecule has 1 fully saturated rings. The van der Waals surface area contributed by atoms with Crippen molar-refractivity contribution in [1.29, 1.82) is 10.5 Å². The Kier molecular flexibility index (Phi) is 6.89. The molecule has 4 rings (SSSR count). The smallest absolute Gasteiger partial charge is 0.123 e. The van der Waals surface area contributed by atoms with Crippen LogP contribution >= 0.6 is 34.7 Å². The Balaban J connectivity index is 1.60. The molecule has 156 valence electrons. The first-order chi connectivity index (χ1) is 15.1. The summed E-state index contributed by atoms with van der Waals surface area (Å²) < 4.78 is 5.92. The van der Waals surface area contributed by atoms with Crippen LogP contribution in [0.5, 0.6) is 0 Å². The summed E-state index contributed by atoms with van der Waals surface area (Å²) in [7, 11) is 0. The van der Waals surface area contributed by atoms with Gasteiger partial charge in [-0.1, -0.05) is 35.5 Å². The number of thioether (sulfide) groups is 1. The molecule has 3 aromatic rings. The van der Waals surface area contributed by atoms with E-state index in [9.17, 15) is 10.5 Å². The summed E-state index contributed by atoms with van der Waals surface area (Å²) >= 11 is 9.02. The second-order valence-electron chi connectivity index (χ2n) is 7.18. The summed E-state index contributed by atoms with van der Waals surface area (Å²) in [6.07, 6.45) is 2.62. The van der Waals surface area contributed by atoms with Gasteiger partial charge in [-0.15, -0.1) is 11.3 Å². The van der Waals surface area contributed by atoms with Gasteiger partial charge in [0.25, 0.3) is 0 Å². The number of nitrogens with zero attached hydrogens (tertiary/aromatic N) is 4. The monoisotopic (exact) mass is 466 g/mol. The van der Waals surface area contributed by atoms with Crippen molar-refractivity contribution < 1.29 is 4.74 Å². The molecule has 1 aliphatic heterocycles. The highest BCUT2D eigenvalue weighted by Gasteiger charge is 2.27. The molecule has 1 aliphatic rings. The first-order valence-corrected chi connectivity index (χ1v) is 12.1. The zero-order valence-corrected chi connectivity index (χ0v) is 19.3. The minimum Gasteiger partial charge on any atom is -0.373 e. The van der Waals surface area contributed by atoms with E-state index >= 15 is 0 Å². The Labute approximate surface area is 194 Å². The quantitative estimate of drug-likeness (QED) is 0.402. The first-order valence-electron chi connectivity index (χ1n) is 9.90. The summed E-state index contributed by atoms with van der Waals surface area (Å²) in [6.45, 7) is 2.47. The number of ether oxygens (including phenoxy) is 1. The van der Waals surface area contributed by atoms with Crippen molar-refractivity contribution in [2.24, 2.45) is 0 Å². The van der Waals surface area contributed by atoms with Crippen molar-refractivity contribution in [3.63, 3.8) is 0 Å². The topological polar surface area (TPSA) is 82.6 Å². The predicted molar refractivity (Wildman–Crippen MR) is 123 cm³/mol. The van der Waals surface area contributed by atoms with Gasteiger partial charge in [-0.05, 0) is 38.3 Å². The van der Waals surface area contributed by atoms with Crippen LogP contribution < -0.4 is 0 Å². The van der Waals surface area contributed by atoms with Crippen molar-refractivity contribution in [1.82, 2.24) is 9.97 Å². The van der Waals surface area contributed by atoms with Crippen LogP contribution in [0.25, 0.3) is 10.6 Å². The lowest BCUT2D eigenvalue weighted by atomic mass is 9.93. The van der Waals surface area contributed by atoms with Crippen molar-refractivity contribution >= 4 is 34.7 Å². The van der Waals surface area contributed by atoms with Crippen LogP contribution in [0.2, 0.25) is 5.02 Å². The molecule has 8 heteroatoms. The summed E-state index contributed by atoms with van der Waals surface area (Å²) in [4.78, 5) is 9.30. The van der Waals surface area contributed by atoms with Crippen LogP contribution in [0, 0.1) is 29.6 Å². The Morgan fingerprint density at radius 2 is 1.94 bits per heavy atom. The minimum atomic E-state index is -0.227. The molecule has 0 amide bonds.